The molecule has 2 heterocycles. The fourth-order valence-electron chi connectivity index (χ4n) is 9.10. The number of furan rings is 1. The molecule has 12 rings (SSSR count). The SMILES string of the molecule is c1cc(-c2cccc3ccccc23)cc(N(c2ccc(-c3ccc4sc5ccccc5c4c3)cc2)c2ccccc2-c2cccc3oc4c5ccccc5ccc4c23)c1. The molecule has 59 heavy (non-hydrogen) atoms. The van der Waals surface area contributed by atoms with Gasteiger partial charge >= 0.3 is 0 Å². The maximum Gasteiger partial charge on any atom is 0.143 e. The van der Waals surface area contributed by atoms with Crippen LogP contribution in [0.4, 0.5) is 17.1 Å². The van der Waals surface area contributed by atoms with E-state index in [1.165, 1.54) is 58.6 Å². The Balaban J connectivity index is 1.05. The molecule has 0 atom stereocenters. The minimum Gasteiger partial charge on any atom is -0.455 e. The zero-order chi connectivity index (χ0) is 38.9. The molecule has 0 spiro atoms. The van der Waals surface area contributed by atoms with E-state index in [-0.39, 0.29) is 0 Å². The number of fused-ring (bicyclic) bond motifs is 9. The number of rotatable bonds is 6. The van der Waals surface area contributed by atoms with Crippen LogP contribution in [-0.2, 0) is 0 Å². The quantitative estimate of drug-likeness (QED) is 0.167. The highest BCUT2D eigenvalue weighted by molar-refractivity contribution is 7.25. The number of hydrogen-bond acceptors (Lipinski definition) is 3. The Kier molecular flexibility index (Phi) is 7.75. The molecule has 0 saturated carbocycles. The van der Waals surface area contributed by atoms with Crippen molar-refractivity contribution in [3.63, 3.8) is 0 Å². The second-order valence-corrected chi connectivity index (χ2v) is 16.3. The van der Waals surface area contributed by atoms with Gasteiger partial charge < -0.3 is 9.32 Å². The van der Waals surface area contributed by atoms with E-state index in [4.69, 9.17) is 4.42 Å². The predicted molar refractivity (Wildman–Crippen MR) is 253 cm³/mol. The second kappa shape index (κ2) is 13.6. The van der Waals surface area contributed by atoms with Crippen LogP contribution in [0, 0.1) is 0 Å². The molecule has 0 aliphatic rings. The van der Waals surface area contributed by atoms with E-state index in [0.29, 0.717) is 0 Å². The highest BCUT2D eigenvalue weighted by atomic mass is 32.1. The van der Waals surface area contributed by atoms with Gasteiger partial charge in [0.2, 0.25) is 0 Å². The molecule has 0 aliphatic carbocycles. The largest absolute Gasteiger partial charge is 0.455 e. The van der Waals surface area contributed by atoms with E-state index < -0.39 is 0 Å². The lowest BCUT2D eigenvalue weighted by molar-refractivity contribution is 0.673. The third-order valence-corrected chi connectivity index (χ3v) is 13.0. The minimum atomic E-state index is 0.882. The van der Waals surface area contributed by atoms with Crippen molar-refractivity contribution in [2.45, 2.75) is 0 Å². The van der Waals surface area contributed by atoms with E-state index in [2.05, 4.69) is 217 Å². The zero-order valence-corrected chi connectivity index (χ0v) is 32.8. The summed E-state index contributed by atoms with van der Waals surface area (Å²) in [6, 6.07) is 77.0. The van der Waals surface area contributed by atoms with Crippen molar-refractivity contribution in [3.05, 3.63) is 212 Å². The summed E-state index contributed by atoms with van der Waals surface area (Å²) in [5.41, 5.74) is 12.1. The lowest BCUT2D eigenvalue weighted by Crippen LogP contribution is -2.11. The Morgan fingerprint density at radius 1 is 0.356 bits per heavy atom. The van der Waals surface area contributed by atoms with E-state index in [9.17, 15) is 0 Å². The number of para-hydroxylation sites is 1. The molecule has 0 amide bonds. The highest BCUT2D eigenvalue weighted by Crippen LogP contribution is 2.47. The fourth-order valence-corrected chi connectivity index (χ4v) is 10.2. The van der Waals surface area contributed by atoms with Gasteiger partial charge in [0.05, 0.1) is 5.69 Å². The van der Waals surface area contributed by atoms with Crippen molar-refractivity contribution in [1.29, 1.82) is 0 Å². The summed E-state index contributed by atoms with van der Waals surface area (Å²) in [4.78, 5) is 2.42. The first-order valence-corrected chi connectivity index (χ1v) is 20.9. The maximum atomic E-state index is 6.68. The molecule has 12 aromatic rings. The number of nitrogens with zero attached hydrogens (tertiary/aromatic N) is 1. The summed E-state index contributed by atoms with van der Waals surface area (Å²) < 4.78 is 9.32. The van der Waals surface area contributed by atoms with Crippen LogP contribution in [0.1, 0.15) is 0 Å². The van der Waals surface area contributed by atoms with Crippen molar-refractivity contribution in [1.82, 2.24) is 0 Å². The molecular weight excluding hydrogens is 735 g/mol. The lowest BCUT2D eigenvalue weighted by Gasteiger charge is -2.28. The molecule has 2 aromatic heterocycles. The number of thiophene rings is 1. The van der Waals surface area contributed by atoms with Gasteiger partial charge in [0, 0.05) is 53.3 Å². The van der Waals surface area contributed by atoms with Gasteiger partial charge in [-0.25, -0.2) is 0 Å². The van der Waals surface area contributed by atoms with Crippen molar-refractivity contribution >= 4 is 92.1 Å². The Morgan fingerprint density at radius 3 is 1.92 bits per heavy atom. The molecule has 3 heteroatoms. The summed E-state index contributed by atoms with van der Waals surface area (Å²) >= 11 is 1.86. The average molecular weight is 770 g/mol. The summed E-state index contributed by atoms with van der Waals surface area (Å²) in [7, 11) is 0. The van der Waals surface area contributed by atoms with E-state index in [1.54, 1.807) is 0 Å². The van der Waals surface area contributed by atoms with Gasteiger partial charge in [0.25, 0.3) is 0 Å². The molecule has 0 N–H and O–H groups in total. The van der Waals surface area contributed by atoms with Crippen LogP contribution < -0.4 is 4.90 Å². The molecule has 0 fully saturated rings. The summed E-state index contributed by atoms with van der Waals surface area (Å²) in [5, 5.41) is 9.63. The van der Waals surface area contributed by atoms with Crippen LogP contribution in [0.25, 0.3) is 97.0 Å². The van der Waals surface area contributed by atoms with Crippen LogP contribution >= 0.6 is 11.3 Å². The fraction of sp³-hybridized carbons (Fsp3) is 0. The van der Waals surface area contributed by atoms with Crippen LogP contribution in [0.15, 0.2) is 217 Å². The Hall–Kier alpha value is -7.46. The molecule has 0 unspecified atom stereocenters. The third kappa shape index (κ3) is 5.55. The topological polar surface area (TPSA) is 16.4 Å². The van der Waals surface area contributed by atoms with Crippen molar-refractivity contribution in [2.75, 3.05) is 4.90 Å². The number of hydrogen-bond donors (Lipinski definition) is 0. The van der Waals surface area contributed by atoms with Crippen molar-refractivity contribution in [2.24, 2.45) is 0 Å². The molecule has 276 valence electrons. The Morgan fingerprint density at radius 2 is 1.02 bits per heavy atom. The summed E-state index contributed by atoms with van der Waals surface area (Å²) in [6.45, 7) is 0. The molecular formula is C56H35NOS. The molecule has 0 bridgehead atoms. The van der Waals surface area contributed by atoms with Crippen molar-refractivity contribution in [3.8, 4) is 33.4 Å². The maximum absolute atomic E-state index is 6.68. The first-order valence-electron chi connectivity index (χ1n) is 20.1. The van der Waals surface area contributed by atoms with Gasteiger partial charge in [-0.15, -0.1) is 11.3 Å². The van der Waals surface area contributed by atoms with Crippen LogP contribution in [0.5, 0.6) is 0 Å². The van der Waals surface area contributed by atoms with E-state index in [1.807, 2.05) is 11.3 Å². The van der Waals surface area contributed by atoms with Crippen LogP contribution in [0.3, 0.4) is 0 Å². The normalized spacial score (nSPS) is 11.7. The average Bonchev–Trinajstić information content (AvgIpc) is 3.88. The smallest absolute Gasteiger partial charge is 0.143 e. The highest BCUT2D eigenvalue weighted by Gasteiger charge is 2.22. The number of benzene rings is 10. The zero-order valence-electron chi connectivity index (χ0n) is 32.0. The summed E-state index contributed by atoms with van der Waals surface area (Å²) in [6.07, 6.45) is 0. The van der Waals surface area contributed by atoms with Gasteiger partial charge in [-0.1, -0.05) is 152 Å². The molecule has 10 aromatic carbocycles. The lowest BCUT2D eigenvalue weighted by atomic mass is 9.95. The molecule has 0 aliphatic heterocycles. The van der Waals surface area contributed by atoms with Crippen molar-refractivity contribution < 1.29 is 4.42 Å². The van der Waals surface area contributed by atoms with Gasteiger partial charge in [-0.3, -0.25) is 0 Å². The molecule has 0 radical (unpaired) electrons. The van der Waals surface area contributed by atoms with Gasteiger partial charge in [-0.05, 0) is 105 Å². The van der Waals surface area contributed by atoms with E-state index in [0.717, 1.165) is 55.5 Å². The Bertz CT molecular complexity index is 3570. The first-order chi connectivity index (χ1) is 29.2. The first kappa shape index (κ1) is 33.7. The standard InChI is InChI=1S/C56H35NOS/c1-3-17-43-37(12-1)14-10-21-44(43)40-15-9-16-42(34-40)57(41-30-26-36(27-31-41)39-29-33-54-50(35-39)47-20-6-8-25-53(47)59-54)51-23-7-5-19-46(51)48-22-11-24-52-55(48)49-32-28-38-13-2-4-18-45(38)56(49)58-52/h1-35H. The number of anilines is 3. The van der Waals surface area contributed by atoms with E-state index >= 15 is 0 Å². The minimum absolute atomic E-state index is 0.882. The predicted octanol–water partition coefficient (Wildman–Crippen LogP) is 16.7. The third-order valence-electron chi connectivity index (χ3n) is 11.9. The monoisotopic (exact) mass is 769 g/mol. The van der Waals surface area contributed by atoms with Crippen LogP contribution in [0.2, 0.25) is 0 Å². The molecule has 2 nitrogen and oxygen atoms in total. The second-order valence-electron chi connectivity index (χ2n) is 15.2. The Labute approximate surface area is 345 Å². The summed E-state index contributed by atoms with van der Waals surface area (Å²) in [5.74, 6) is 0. The molecule has 0 saturated heterocycles. The van der Waals surface area contributed by atoms with Crippen LogP contribution in [-0.4, -0.2) is 0 Å². The van der Waals surface area contributed by atoms with Gasteiger partial charge in [0.15, 0.2) is 0 Å². The van der Waals surface area contributed by atoms with Gasteiger partial charge in [-0.2, -0.15) is 0 Å². The van der Waals surface area contributed by atoms with Gasteiger partial charge in [0.1, 0.15) is 11.2 Å².